The molecule has 0 aromatic carbocycles. The second-order valence-electron chi connectivity index (χ2n) is 26.3. The number of esters is 2. The van der Waals surface area contributed by atoms with Crippen molar-refractivity contribution in [2.75, 3.05) is 47.5 Å². The Hall–Kier alpha value is -2.29. The molecule has 86 heavy (non-hydrogen) atoms. The van der Waals surface area contributed by atoms with Crippen LogP contribution < -0.4 is 4.89 Å². The molecule has 0 aliphatic carbocycles. The third-order valence-electron chi connectivity index (χ3n) is 16.5. The first kappa shape index (κ1) is 83.7. The van der Waals surface area contributed by atoms with Gasteiger partial charge < -0.3 is 27.9 Å². The van der Waals surface area contributed by atoms with Crippen LogP contribution in [0.2, 0.25) is 0 Å². The number of likely N-dealkylation sites (N-methyl/N-ethyl adjacent to an activating group) is 1. The first-order chi connectivity index (χ1) is 42.0. The molecule has 0 heterocycles. The molecule has 0 bridgehead atoms. The van der Waals surface area contributed by atoms with Crippen molar-refractivity contribution in [1.29, 1.82) is 0 Å². The average Bonchev–Trinajstić information content (AvgIpc) is 3.67. The molecule has 0 saturated carbocycles. The fraction of sp³-hybridized carbons (Fsp3) is 0.842. The van der Waals surface area contributed by atoms with Crippen LogP contribution in [0.3, 0.4) is 0 Å². The second-order valence-corrected chi connectivity index (χ2v) is 27.7. The summed E-state index contributed by atoms with van der Waals surface area (Å²) >= 11 is 0. The van der Waals surface area contributed by atoms with E-state index in [0.717, 1.165) is 77.0 Å². The van der Waals surface area contributed by atoms with Crippen molar-refractivity contribution < 1.29 is 42.1 Å². The van der Waals surface area contributed by atoms with Crippen LogP contribution in [0, 0.1) is 0 Å². The molecule has 9 nitrogen and oxygen atoms in total. The minimum Gasteiger partial charge on any atom is -0.756 e. The van der Waals surface area contributed by atoms with Crippen LogP contribution in [-0.2, 0) is 32.7 Å². The molecule has 2 atom stereocenters. The highest BCUT2D eigenvalue weighted by Crippen LogP contribution is 2.38. The Morgan fingerprint density at radius 1 is 0.360 bits per heavy atom. The van der Waals surface area contributed by atoms with Crippen LogP contribution in [0.25, 0.3) is 0 Å². The third-order valence-corrected chi connectivity index (χ3v) is 17.5. The van der Waals surface area contributed by atoms with E-state index in [1.807, 2.05) is 21.1 Å². The highest BCUT2D eigenvalue weighted by molar-refractivity contribution is 7.45. The zero-order valence-electron chi connectivity index (χ0n) is 57.5. The van der Waals surface area contributed by atoms with E-state index in [1.54, 1.807) is 0 Å². The van der Waals surface area contributed by atoms with Gasteiger partial charge in [-0.3, -0.25) is 14.2 Å². The number of phosphoric acid groups is 1. The van der Waals surface area contributed by atoms with E-state index in [4.69, 9.17) is 18.5 Å². The highest BCUT2D eigenvalue weighted by Gasteiger charge is 2.22. The zero-order valence-corrected chi connectivity index (χ0v) is 58.4. The lowest BCUT2D eigenvalue weighted by molar-refractivity contribution is -0.870. The molecule has 10 heteroatoms. The number of carbonyl (C=O) groups is 2. The van der Waals surface area contributed by atoms with Crippen LogP contribution >= 0.6 is 7.82 Å². The molecule has 0 N–H and O–H groups in total. The van der Waals surface area contributed by atoms with E-state index in [0.29, 0.717) is 17.4 Å². The number of unbranched alkanes of at least 4 members (excludes halogenated alkanes) is 45. The molecule has 0 fully saturated rings. The molecule has 0 rings (SSSR count). The predicted octanol–water partition coefficient (Wildman–Crippen LogP) is 23.5. The summed E-state index contributed by atoms with van der Waals surface area (Å²) in [7, 11) is 1.17. The maximum absolute atomic E-state index is 12.8. The molecular formula is C76H142NO8P. The van der Waals surface area contributed by atoms with Crippen molar-refractivity contribution >= 4 is 19.8 Å². The van der Waals surface area contributed by atoms with E-state index in [-0.39, 0.29) is 32.0 Å². The Kier molecular flexibility index (Phi) is 65.3. The Balaban J connectivity index is 3.89. The van der Waals surface area contributed by atoms with Gasteiger partial charge in [-0.05, 0) is 83.5 Å². The van der Waals surface area contributed by atoms with Crippen molar-refractivity contribution in [1.82, 2.24) is 0 Å². The van der Waals surface area contributed by atoms with Gasteiger partial charge in [0.1, 0.15) is 19.8 Å². The highest BCUT2D eigenvalue weighted by atomic mass is 31.2. The summed E-state index contributed by atoms with van der Waals surface area (Å²) < 4.78 is 34.3. The van der Waals surface area contributed by atoms with Gasteiger partial charge in [0.15, 0.2) is 6.10 Å². The Bertz CT molecular complexity index is 1630. The lowest BCUT2D eigenvalue weighted by atomic mass is 10.0. The molecule has 0 radical (unpaired) electrons. The number of carbonyl (C=O) groups excluding carboxylic acids is 2. The number of hydrogen-bond acceptors (Lipinski definition) is 8. The summed E-state index contributed by atoms with van der Waals surface area (Å²) in [6.07, 6.45) is 89.1. The molecule has 0 aromatic heterocycles. The standard InChI is InChI=1S/C76H142NO8P/c1-6-8-10-12-14-16-18-20-22-24-26-28-29-30-31-32-33-34-35-36-37-38-39-40-41-42-43-44-45-46-47-49-50-52-54-56-58-60-62-64-66-68-75(78)82-72-74(73-84-86(80,81)83-71-70-77(3,4)5)85-76(79)69-67-65-63-61-59-57-55-53-51-48-27-25-23-21-19-17-15-13-11-9-7-2/h18-21,24-27,51,53,74H,6-17,22-23,28-50,52,54-73H2,1-5H3/b20-18-,21-19-,26-24-,27-25-,53-51-. The minimum atomic E-state index is -4.65. The van der Waals surface area contributed by atoms with Gasteiger partial charge in [-0.25, -0.2) is 0 Å². The summed E-state index contributed by atoms with van der Waals surface area (Å²) in [5.41, 5.74) is 0. The van der Waals surface area contributed by atoms with E-state index < -0.39 is 26.5 Å². The van der Waals surface area contributed by atoms with Gasteiger partial charge in [0.25, 0.3) is 7.82 Å². The van der Waals surface area contributed by atoms with Crippen molar-refractivity contribution in [2.24, 2.45) is 0 Å². The third kappa shape index (κ3) is 70.8. The van der Waals surface area contributed by atoms with Crippen molar-refractivity contribution in [3.8, 4) is 0 Å². The molecule has 504 valence electrons. The van der Waals surface area contributed by atoms with Crippen molar-refractivity contribution in [3.63, 3.8) is 0 Å². The number of rotatable bonds is 69. The van der Waals surface area contributed by atoms with Crippen molar-refractivity contribution in [2.45, 2.75) is 367 Å². The summed E-state index contributed by atoms with van der Waals surface area (Å²) in [6.45, 7) is 4.25. The maximum Gasteiger partial charge on any atom is 0.306 e. The molecule has 0 amide bonds. The summed E-state index contributed by atoms with van der Waals surface area (Å²) in [4.78, 5) is 38.0. The Morgan fingerprint density at radius 3 is 0.930 bits per heavy atom. The van der Waals surface area contributed by atoms with Gasteiger partial charge in [0.05, 0.1) is 27.7 Å². The van der Waals surface area contributed by atoms with Gasteiger partial charge in [0.2, 0.25) is 0 Å². The molecule has 0 saturated heterocycles. The monoisotopic (exact) mass is 1230 g/mol. The van der Waals surface area contributed by atoms with Crippen LogP contribution in [0.5, 0.6) is 0 Å². The summed E-state index contributed by atoms with van der Waals surface area (Å²) in [6, 6.07) is 0. The zero-order chi connectivity index (χ0) is 62.6. The lowest BCUT2D eigenvalue weighted by Crippen LogP contribution is -2.37. The van der Waals surface area contributed by atoms with Gasteiger partial charge in [-0.2, -0.15) is 0 Å². The summed E-state index contributed by atoms with van der Waals surface area (Å²) in [5, 5.41) is 0. The quantitative estimate of drug-likeness (QED) is 0.0195. The average molecular weight is 1230 g/mol. The number of nitrogens with zero attached hydrogens (tertiary/aromatic N) is 1. The number of phosphoric ester groups is 1. The van der Waals surface area contributed by atoms with Crippen LogP contribution in [0.1, 0.15) is 361 Å². The van der Waals surface area contributed by atoms with E-state index >= 15 is 0 Å². The Morgan fingerprint density at radius 2 is 0.628 bits per heavy atom. The topological polar surface area (TPSA) is 111 Å². The molecule has 0 aliphatic rings. The largest absolute Gasteiger partial charge is 0.756 e. The second kappa shape index (κ2) is 67.1. The van der Waals surface area contributed by atoms with Crippen LogP contribution in [0.15, 0.2) is 60.8 Å². The minimum absolute atomic E-state index is 0.0334. The number of quaternary nitrogens is 1. The number of hydrogen-bond donors (Lipinski definition) is 0. The van der Waals surface area contributed by atoms with E-state index in [1.165, 1.54) is 250 Å². The fourth-order valence-corrected chi connectivity index (χ4v) is 11.5. The Labute approximate surface area is 534 Å². The number of allylic oxidation sites excluding steroid dienone is 10. The predicted molar refractivity (Wildman–Crippen MR) is 370 cm³/mol. The van der Waals surface area contributed by atoms with Gasteiger partial charge in [-0.15, -0.1) is 0 Å². The first-order valence-corrected chi connectivity index (χ1v) is 38.5. The molecular weight excluding hydrogens is 1090 g/mol. The lowest BCUT2D eigenvalue weighted by Gasteiger charge is -2.28. The molecule has 0 spiro atoms. The van der Waals surface area contributed by atoms with E-state index in [9.17, 15) is 19.0 Å². The van der Waals surface area contributed by atoms with Crippen LogP contribution in [-0.4, -0.2) is 70.0 Å². The normalized spacial score (nSPS) is 13.4. The fourth-order valence-electron chi connectivity index (χ4n) is 10.8. The molecule has 2 unspecified atom stereocenters. The SMILES string of the molecule is CCCCCCC/C=C\C/C=C\C/C=C\CCCCCCCCC(=O)OC(COC(=O)CCCCCCCCCCCCCCCCCCCCCCCCCCCCCCC/C=C\C/C=C\CCCCCCC)COP(=O)([O-])OCC[N+](C)(C)C. The van der Waals surface area contributed by atoms with Gasteiger partial charge >= 0.3 is 11.9 Å². The maximum atomic E-state index is 12.8. The number of ether oxygens (including phenoxy) is 2. The van der Waals surface area contributed by atoms with Crippen LogP contribution in [0.4, 0.5) is 0 Å². The van der Waals surface area contributed by atoms with Crippen molar-refractivity contribution in [3.05, 3.63) is 60.8 Å². The van der Waals surface area contributed by atoms with Gasteiger partial charge in [0, 0.05) is 12.8 Å². The molecule has 0 aromatic rings. The molecule has 0 aliphatic heterocycles. The van der Waals surface area contributed by atoms with Gasteiger partial charge in [-0.1, -0.05) is 325 Å². The van der Waals surface area contributed by atoms with E-state index in [2.05, 4.69) is 74.6 Å². The summed E-state index contributed by atoms with van der Waals surface area (Å²) in [5.74, 6) is -0.833. The smallest absolute Gasteiger partial charge is 0.306 e. The first-order valence-electron chi connectivity index (χ1n) is 37.0.